The minimum atomic E-state index is -1.03. The number of fused-ring (bicyclic) bond motifs is 1. The maximum atomic E-state index is 11.6. The van der Waals surface area contributed by atoms with Crippen LogP contribution in [0.2, 0.25) is 0 Å². The monoisotopic (exact) mass is 243 g/mol. The van der Waals surface area contributed by atoms with Crippen LogP contribution >= 0.6 is 0 Å². The molecule has 1 aromatic heterocycles. The lowest BCUT2D eigenvalue weighted by molar-refractivity contribution is -0.153. The lowest BCUT2D eigenvalue weighted by Gasteiger charge is -2.37. The molecule has 1 saturated carbocycles. The lowest BCUT2D eigenvalue weighted by atomic mass is 9.63. The molecule has 1 heterocycles. The van der Waals surface area contributed by atoms with Crippen LogP contribution in [0, 0.1) is 0 Å². The summed E-state index contributed by atoms with van der Waals surface area (Å²) in [5.74, 6) is -0.889. The molecule has 0 amide bonds. The largest absolute Gasteiger partial charge is 0.481 e. The number of ketones is 1. The zero-order valence-electron chi connectivity index (χ0n) is 10.0. The molecule has 0 atom stereocenters. The summed E-state index contributed by atoms with van der Waals surface area (Å²) >= 11 is 0. The van der Waals surface area contributed by atoms with Crippen molar-refractivity contribution in [3.05, 3.63) is 36.0 Å². The standard InChI is InChI=1S/C14H13NO3/c1-15-6-5-9-3-2-4-11(12(9)15)14(13(17)18)7-10(16)8-14/h2-6H,7-8H2,1H3,(H,17,18). The molecule has 0 bridgehead atoms. The fourth-order valence-electron chi connectivity index (χ4n) is 2.82. The Morgan fingerprint density at radius 2 is 2.06 bits per heavy atom. The van der Waals surface area contributed by atoms with Crippen molar-refractivity contribution in [1.82, 2.24) is 4.57 Å². The van der Waals surface area contributed by atoms with E-state index in [1.807, 2.05) is 42.1 Å². The van der Waals surface area contributed by atoms with Crippen LogP contribution in [0.4, 0.5) is 0 Å². The van der Waals surface area contributed by atoms with Gasteiger partial charge >= 0.3 is 5.97 Å². The smallest absolute Gasteiger partial charge is 0.315 e. The number of Topliss-reactive ketones (excluding diaryl/α,β-unsaturated/α-hetero) is 1. The molecule has 92 valence electrons. The van der Waals surface area contributed by atoms with E-state index in [2.05, 4.69) is 0 Å². The molecular weight excluding hydrogens is 230 g/mol. The highest BCUT2D eigenvalue weighted by atomic mass is 16.4. The van der Waals surface area contributed by atoms with E-state index in [1.165, 1.54) is 0 Å². The van der Waals surface area contributed by atoms with Crippen LogP contribution in [-0.2, 0) is 22.1 Å². The van der Waals surface area contributed by atoms with E-state index in [1.54, 1.807) is 0 Å². The first-order chi connectivity index (χ1) is 8.54. The van der Waals surface area contributed by atoms with Gasteiger partial charge in [-0.2, -0.15) is 0 Å². The van der Waals surface area contributed by atoms with Gasteiger partial charge in [0.15, 0.2) is 0 Å². The molecule has 0 unspecified atom stereocenters. The van der Waals surface area contributed by atoms with Crippen molar-refractivity contribution in [2.45, 2.75) is 18.3 Å². The van der Waals surface area contributed by atoms with E-state index in [-0.39, 0.29) is 18.6 Å². The molecule has 4 nitrogen and oxygen atoms in total. The van der Waals surface area contributed by atoms with Gasteiger partial charge in [-0.15, -0.1) is 0 Å². The summed E-state index contributed by atoms with van der Waals surface area (Å²) in [5.41, 5.74) is 0.634. The molecule has 4 heteroatoms. The number of nitrogens with zero attached hydrogens (tertiary/aromatic N) is 1. The van der Waals surface area contributed by atoms with E-state index in [9.17, 15) is 14.7 Å². The number of para-hydroxylation sites is 1. The number of carbonyl (C=O) groups is 2. The SMILES string of the molecule is Cn1ccc2cccc(C3(C(=O)O)CC(=O)C3)c21. The summed E-state index contributed by atoms with van der Waals surface area (Å²) in [7, 11) is 1.89. The first-order valence-electron chi connectivity index (χ1n) is 5.84. The highest BCUT2D eigenvalue weighted by molar-refractivity contribution is 6.04. The molecule has 0 saturated heterocycles. The highest BCUT2D eigenvalue weighted by Crippen LogP contribution is 2.44. The second kappa shape index (κ2) is 3.45. The fraction of sp³-hybridized carbons (Fsp3) is 0.286. The Balaban J connectivity index is 2.28. The molecule has 1 N–H and O–H groups in total. The first-order valence-corrected chi connectivity index (χ1v) is 5.84. The molecule has 0 aliphatic heterocycles. The van der Waals surface area contributed by atoms with Crippen LogP contribution in [0.1, 0.15) is 18.4 Å². The maximum Gasteiger partial charge on any atom is 0.315 e. The molecular formula is C14H13NO3. The number of carbonyl (C=O) groups excluding carboxylic acids is 1. The summed E-state index contributed by atoms with van der Waals surface area (Å²) in [6, 6.07) is 7.58. The van der Waals surface area contributed by atoms with Gasteiger partial charge in [-0.1, -0.05) is 18.2 Å². The average molecular weight is 243 g/mol. The highest BCUT2D eigenvalue weighted by Gasteiger charge is 2.52. The number of hydrogen-bond acceptors (Lipinski definition) is 2. The zero-order valence-corrected chi connectivity index (χ0v) is 10.0. The Morgan fingerprint density at radius 3 is 2.67 bits per heavy atom. The number of rotatable bonds is 2. The lowest BCUT2D eigenvalue weighted by Crippen LogP contribution is -2.48. The van der Waals surface area contributed by atoms with Gasteiger partial charge in [-0.25, -0.2) is 0 Å². The minimum absolute atomic E-state index is 0.0172. The van der Waals surface area contributed by atoms with E-state index >= 15 is 0 Å². The summed E-state index contributed by atoms with van der Waals surface area (Å²) in [6.07, 6.45) is 2.11. The predicted molar refractivity (Wildman–Crippen MR) is 66.5 cm³/mol. The summed E-state index contributed by atoms with van der Waals surface area (Å²) in [5, 5.41) is 10.5. The third-order valence-corrected chi connectivity index (χ3v) is 3.82. The van der Waals surface area contributed by atoms with Crippen LogP contribution in [0.5, 0.6) is 0 Å². The van der Waals surface area contributed by atoms with Crippen LogP contribution < -0.4 is 0 Å². The number of aromatic nitrogens is 1. The molecule has 2 aromatic rings. The molecule has 3 rings (SSSR count). The van der Waals surface area contributed by atoms with Crippen molar-refractivity contribution in [3.63, 3.8) is 0 Å². The van der Waals surface area contributed by atoms with Crippen LogP contribution in [-0.4, -0.2) is 21.4 Å². The van der Waals surface area contributed by atoms with Crippen LogP contribution in [0.3, 0.4) is 0 Å². The Labute approximate surface area is 104 Å². The Kier molecular flexibility index (Phi) is 2.11. The number of aliphatic carboxylic acids is 1. The van der Waals surface area contributed by atoms with Crippen molar-refractivity contribution in [2.75, 3.05) is 0 Å². The summed E-state index contributed by atoms with van der Waals surface area (Å²) < 4.78 is 1.91. The van der Waals surface area contributed by atoms with Gasteiger partial charge in [-0.05, 0) is 17.0 Å². The van der Waals surface area contributed by atoms with E-state index in [0.717, 1.165) is 16.5 Å². The van der Waals surface area contributed by atoms with E-state index in [0.29, 0.717) is 0 Å². The third-order valence-electron chi connectivity index (χ3n) is 3.82. The van der Waals surface area contributed by atoms with Gasteiger partial charge in [-0.3, -0.25) is 9.59 Å². The number of carboxylic acids is 1. The maximum absolute atomic E-state index is 11.6. The van der Waals surface area contributed by atoms with Gasteiger partial charge in [0.2, 0.25) is 0 Å². The van der Waals surface area contributed by atoms with E-state index in [4.69, 9.17) is 0 Å². The van der Waals surface area contributed by atoms with Crippen molar-refractivity contribution in [1.29, 1.82) is 0 Å². The molecule has 0 spiro atoms. The first kappa shape index (κ1) is 11.0. The van der Waals surface area contributed by atoms with Gasteiger partial charge in [0.25, 0.3) is 0 Å². The second-order valence-corrected chi connectivity index (χ2v) is 4.95. The quantitative estimate of drug-likeness (QED) is 0.875. The van der Waals surface area contributed by atoms with Gasteiger partial charge in [0.05, 0.1) is 5.52 Å². The van der Waals surface area contributed by atoms with Gasteiger partial charge in [0.1, 0.15) is 11.2 Å². The number of hydrogen-bond donors (Lipinski definition) is 1. The normalized spacial score (nSPS) is 17.7. The number of benzene rings is 1. The van der Waals surface area contributed by atoms with Gasteiger partial charge in [0, 0.05) is 26.1 Å². The molecule has 1 aliphatic carbocycles. The summed E-state index contributed by atoms with van der Waals surface area (Å²) in [4.78, 5) is 22.8. The van der Waals surface area contributed by atoms with Crippen molar-refractivity contribution in [3.8, 4) is 0 Å². The summed E-state index contributed by atoms with van der Waals surface area (Å²) in [6.45, 7) is 0. The molecule has 1 fully saturated rings. The molecule has 1 aliphatic rings. The number of carboxylic acid groups (broad SMARTS) is 1. The average Bonchev–Trinajstić information content (AvgIpc) is 2.67. The molecule has 1 aromatic carbocycles. The van der Waals surface area contributed by atoms with Crippen LogP contribution in [0.25, 0.3) is 10.9 Å². The third kappa shape index (κ3) is 1.26. The second-order valence-electron chi connectivity index (χ2n) is 4.95. The molecule has 18 heavy (non-hydrogen) atoms. The Hall–Kier alpha value is -2.10. The van der Waals surface area contributed by atoms with Crippen LogP contribution in [0.15, 0.2) is 30.5 Å². The fourth-order valence-corrected chi connectivity index (χ4v) is 2.82. The Morgan fingerprint density at radius 1 is 1.33 bits per heavy atom. The van der Waals surface area contributed by atoms with Crippen molar-refractivity contribution >= 4 is 22.7 Å². The zero-order chi connectivity index (χ0) is 12.9. The Bertz CT molecular complexity index is 661. The van der Waals surface area contributed by atoms with Gasteiger partial charge < -0.3 is 9.67 Å². The van der Waals surface area contributed by atoms with E-state index < -0.39 is 11.4 Å². The topological polar surface area (TPSA) is 59.3 Å². The van der Waals surface area contributed by atoms with Crippen molar-refractivity contribution in [2.24, 2.45) is 7.05 Å². The number of aryl methyl sites for hydroxylation is 1. The molecule has 0 radical (unpaired) electrons. The predicted octanol–water partition coefficient (Wildman–Crippen LogP) is 1.86. The van der Waals surface area contributed by atoms with Crippen molar-refractivity contribution < 1.29 is 14.7 Å². The minimum Gasteiger partial charge on any atom is -0.481 e.